The normalized spacial score (nSPS) is 11.0. The fourth-order valence-electron chi connectivity index (χ4n) is 3.06. The molecule has 0 unspecified atom stereocenters. The Morgan fingerprint density at radius 2 is 1.94 bits per heavy atom. The molecule has 4 rings (SSSR count). The second-order valence-corrected chi connectivity index (χ2v) is 7.32. The van der Waals surface area contributed by atoms with Crippen LogP contribution >= 0.6 is 23.2 Å². The van der Waals surface area contributed by atoms with Crippen LogP contribution in [0.15, 0.2) is 48.9 Å². The summed E-state index contributed by atoms with van der Waals surface area (Å²) in [6, 6.07) is 9.86. The van der Waals surface area contributed by atoms with E-state index < -0.39 is 11.7 Å². The van der Waals surface area contributed by atoms with Gasteiger partial charge in [0.15, 0.2) is 11.5 Å². The van der Waals surface area contributed by atoms with E-state index in [1.807, 2.05) is 35.8 Å². The molecule has 2 aromatic heterocycles. The molecule has 2 heterocycles. The van der Waals surface area contributed by atoms with E-state index in [0.717, 1.165) is 24.0 Å². The fourth-order valence-corrected chi connectivity index (χ4v) is 3.60. The van der Waals surface area contributed by atoms with Crippen LogP contribution in [0.1, 0.15) is 17.4 Å². The highest BCUT2D eigenvalue weighted by Gasteiger charge is 2.20. The average molecular weight is 460 g/mol. The number of aryl methyl sites for hydroxylation is 1. The number of amides is 1. The SMILES string of the molecule is CCn1cnnc1-c1ccc(Nc2cn(-c3c(Cl)ccc(F)c3Cl)nc2C(N)=O)cc1. The van der Waals surface area contributed by atoms with Crippen molar-refractivity contribution in [2.45, 2.75) is 13.5 Å². The predicted molar refractivity (Wildman–Crippen MR) is 116 cm³/mol. The number of nitrogens with two attached hydrogens (primary N) is 1. The number of hydrogen-bond acceptors (Lipinski definition) is 5. The molecule has 0 saturated carbocycles. The van der Waals surface area contributed by atoms with Gasteiger partial charge in [0.2, 0.25) is 0 Å². The van der Waals surface area contributed by atoms with Crippen molar-refractivity contribution in [1.82, 2.24) is 24.5 Å². The summed E-state index contributed by atoms with van der Waals surface area (Å²) < 4.78 is 17.1. The van der Waals surface area contributed by atoms with Gasteiger partial charge in [0, 0.05) is 17.8 Å². The number of nitrogens with zero attached hydrogens (tertiary/aromatic N) is 5. The Balaban J connectivity index is 1.68. The van der Waals surface area contributed by atoms with E-state index in [1.54, 1.807) is 6.33 Å². The van der Waals surface area contributed by atoms with E-state index in [9.17, 15) is 9.18 Å². The van der Waals surface area contributed by atoms with Crippen molar-refractivity contribution in [3.05, 3.63) is 70.5 Å². The second kappa shape index (κ2) is 8.37. The van der Waals surface area contributed by atoms with Gasteiger partial charge in [-0.3, -0.25) is 4.79 Å². The van der Waals surface area contributed by atoms with Crippen molar-refractivity contribution in [2.75, 3.05) is 5.32 Å². The lowest BCUT2D eigenvalue weighted by molar-refractivity contribution is 0.0996. The maximum atomic E-state index is 13.9. The zero-order valence-electron chi connectivity index (χ0n) is 16.2. The van der Waals surface area contributed by atoms with Crippen molar-refractivity contribution in [3.63, 3.8) is 0 Å². The zero-order chi connectivity index (χ0) is 22.1. The first-order valence-corrected chi connectivity index (χ1v) is 9.93. The van der Waals surface area contributed by atoms with Crippen molar-refractivity contribution in [3.8, 4) is 17.1 Å². The van der Waals surface area contributed by atoms with Crippen LogP contribution in [-0.2, 0) is 6.54 Å². The molecule has 1 amide bonds. The van der Waals surface area contributed by atoms with Gasteiger partial charge >= 0.3 is 0 Å². The lowest BCUT2D eigenvalue weighted by atomic mass is 10.2. The first-order chi connectivity index (χ1) is 14.9. The van der Waals surface area contributed by atoms with Crippen LogP contribution in [0, 0.1) is 5.82 Å². The molecule has 0 radical (unpaired) electrons. The average Bonchev–Trinajstić information content (AvgIpc) is 3.39. The molecule has 158 valence electrons. The summed E-state index contributed by atoms with van der Waals surface area (Å²) in [6.07, 6.45) is 3.13. The van der Waals surface area contributed by atoms with E-state index in [1.165, 1.54) is 16.9 Å². The smallest absolute Gasteiger partial charge is 0.271 e. The number of rotatable bonds is 6. The topological polar surface area (TPSA) is 104 Å². The molecular formula is C20H16Cl2FN7O. The molecule has 2 aromatic carbocycles. The summed E-state index contributed by atoms with van der Waals surface area (Å²) >= 11 is 12.2. The third-order valence-electron chi connectivity index (χ3n) is 4.57. The highest BCUT2D eigenvalue weighted by molar-refractivity contribution is 6.37. The largest absolute Gasteiger partial charge is 0.364 e. The van der Waals surface area contributed by atoms with Gasteiger partial charge in [-0.1, -0.05) is 23.2 Å². The number of aromatic nitrogens is 5. The highest BCUT2D eigenvalue weighted by Crippen LogP contribution is 2.32. The third kappa shape index (κ3) is 3.97. The Labute approximate surface area is 186 Å². The predicted octanol–water partition coefficient (Wildman–Crippen LogP) is 4.44. The monoisotopic (exact) mass is 459 g/mol. The Kier molecular flexibility index (Phi) is 5.62. The molecular weight excluding hydrogens is 444 g/mol. The third-order valence-corrected chi connectivity index (χ3v) is 5.24. The van der Waals surface area contributed by atoms with Crippen molar-refractivity contribution in [1.29, 1.82) is 0 Å². The number of hydrogen-bond donors (Lipinski definition) is 2. The van der Waals surface area contributed by atoms with E-state index >= 15 is 0 Å². The minimum Gasteiger partial charge on any atom is -0.364 e. The summed E-state index contributed by atoms with van der Waals surface area (Å²) in [7, 11) is 0. The van der Waals surface area contributed by atoms with Gasteiger partial charge in [-0.15, -0.1) is 10.2 Å². The Bertz CT molecular complexity index is 1270. The van der Waals surface area contributed by atoms with Gasteiger partial charge in [-0.05, 0) is 43.3 Å². The van der Waals surface area contributed by atoms with Crippen LogP contribution in [0.5, 0.6) is 0 Å². The van der Waals surface area contributed by atoms with Gasteiger partial charge in [0.05, 0.1) is 16.9 Å². The van der Waals surface area contributed by atoms with Crippen LogP contribution < -0.4 is 11.1 Å². The number of nitrogens with one attached hydrogen (secondary N) is 1. The Morgan fingerprint density at radius 1 is 1.19 bits per heavy atom. The van der Waals surface area contributed by atoms with Crippen molar-refractivity contribution in [2.24, 2.45) is 5.73 Å². The van der Waals surface area contributed by atoms with Crippen molar-refractivity contribution >= 4 is 40.5 Å². The van der Waals surface area contributed by atoms with Gasteiger partial charge in [0.1, 0.15) is 22.9 Å². The summed E-state index contributed by atoms with van der Waals surface area (Å²) in [6.45, 7) is 2.75. The molecule has 0 aliphatic heterocycles. The summed E-state index contributed by atoms with van der Waals surface area (Å²) in [5.41, 5.74) is 7.40. The first-order valence-electron chi connectivity index (χ1n) is 9.17. The summed E-state index contributed by atoms with van der Waals surface area (Å²) in [5.74, 6) is -0.685. The molecule has 0 atom stereocenters. The summed E-state index contributed by atoms with van der Waals surface area (Å²) in [4.78, 5) is 11.9. The molecule has 0 aliphatic rings. The zero-order valence-corrected chi connectivity index (χ0v) is 17.7. The maximum absolute atomic E-state index is 13.9. The van der Waals surface area contributed by atoms with E-state index in [0.29, 0.717) is 11.4 Å². The highest BCUT2D eigenvalue weighted by atomic mass is 35.5. The Morgan fingerprint density at radius 3 is 2.61 bits per heavy atom. The van der Waals surface area contributed by atoms with Crippen LogP contribution in [-0.4, -0.2) is 30.5 Å². The minimum atomic E-state index is -0.766. The molecule has 8 nitrogen and oxygen atoms in total. The second-order valence-electron chi connectivity index (χ2n) is 6.53. The van der Waals surface area contributed by atoms with Crippen LogP contribution in [0.3, 0.4) is 0 Å². The number of benzene rings is 2. The van der Waals surface area contributed by atoms with Crippen LogP contribution in [0.25, 0.3) is 17.1 Å². The molecule has 11 heteroatoms. The number of carbonyl (C=O) groups excluding carboxylic acids is 1. The lowest BCUT2D eigenvalue weighted by Gasteiger charge is -2.08. The molecule has 3 N–H and O–H groups in total. The minimum absolute atomic E-state index is 0.0498. The molecule has 4 aromatic rings. The summed E-state index contributed by atoms with van der Waals surface area (Å²) in [5, 5.41) is 15.2. The van der Waals surface area contributed by atoms with E-state index in [4.69, 9.17) is 28.9 Å². The lowest BCUT2D eigenvalue weighted by Crippen LogP contribution is -2.14. The molecule has 31 heavy (non-hydrogen) atoms. The Hall–Kier alpha value is -3.43. The molecule has 0 fully saturated rings. The molecule has 0 bridgehead atoms. The maximum Gasteiger partial charge on any atom is 0.271 e. The molecule has 0 aliphatic carbocycles. The molecule has 0 saturated heterocycles. The van der Waals surface area contributed by atoms with Crippen molar-refractivity contribution < 1.29 is 9.18 Å². The quantitative estimate of drug-likeness (QED) is 0.414. The molecule has 0 spiro atoms. The number of halogens is 3. The number of anilines is 2. The first kappa shape index (κ1) is 20.8. The van der Waals surface area contributed by atoms with Crippen LogP contribution in [0.4, 0.5) is 15.8 Å². The van der Waals surface area contributed by atoms with Gasteiger partial charge in [0.25, 0.3) is 5.91 Å². The van der Waals surface area contributed by atoms with Gasteiger partial charge in [-0.2, -0.15) is 5.10 Å². The van der Waals surface area contributed by atoms with Crippen LogP contribution in [0.2, 0.25) is 10.0 Å². The van der Waals surface area contributed by atoms with Gasteiger partial charge < -0.3 is 15.6 Å². The van der Waals surface area contributed by atoms with Gasteiger partial charge in [-0.25, -0.2) is 9.07 Å². The van der Waals surface area contributed by atoms with E-state index in [2.05, 4.69) is 20.6 Å². The van der Waals surface area contributed by atoms with E-state index in [-0.39, 0.29) is 21.4 Å². The number of primary amides is 1. The number of carbonyl (C=O) groups is 1. The fraction of sp³-hybridized carbons (Fsp3) is 0.100. The standard InChI is InChI=1S/C20H16Cl2FN7O/c1-2-29-10-25-27-20(29)11-3-5-12(6-4-11)26-15-9-30(28-17(15)19(24)31)18-13(21)7-8-14(23)16(18)22/h3-10,26H,2H2,1H3,(H2,24,31).